The van der Waals surface area contributed by atoms with E-state index >= 15 is 4.39 Å². The van der Waals surface area contributed by atoms with Crippen LogP contribution >= 0.6 is 23.2 Å². The van der Waals surface area contributed by atoms with Crippen molar-refractivity contribution in [2.45, 2.75) is 13.3 Å². The molecule has 156 valence electrons. The summed E-state index contributed by atoms with van der Waals surface area (Å²) in [6, 6.07) is 9.27. The van der Waals surface area contributed by atoms with Gasteiger partial charge in [0.1, 0.15) is 11.3 Å². The standard InChI is InChI=1S/C20H13Cl2FN6O2/c1-9-16(19(25)28-26-9)20-29-27-15(31-20)6-11-2-3-14(22)18(17(11)23)30-13-5-10(8-24)4-12(21)7-13/h2-5,7H,6H2,1H3,(H3,25,26,28). The molecule has 4 aromatic rings. The van der Waals surface area contributed by atoms with E-state index in [1.807, 2.05) is 6.07 Å². The molecular weight excluding hydrogens is 446 g/mol. The molecule has 0 fully saturated rings. The maximum Gasteiger partial charge on any atom is 0.253 e. The number of H-pyrrole nitrogens is 1. The van der Waals surface area contributed by atoms with Crippen LogP contribution < -0.4 is 10.5 Å². The lowest BCUT2D eigenvalue weighted by Gasteiger charge is -2.11. The number of nitrogen functional groups attached to an aromatic ring is 1. The van der Waals surface area contributed by atoms with Gasteiger partial charge in [0.15, 0.2) is 17.4 Å². The molecule has 0 saturated heterocycles. The predicted octanol–water partition coefficient (Wildman–Crippen LogP) is 5.05. The number of nitrogens with one attached hydrogen (secondary N) is 1. The Labute approximate surface area is 185 Å². The van der Waals surface area contributed by atoms with E-state index in [0.29, 0.717) is 11.3 Å². The Morgan fingerprint density at radius 2 is 2.06 bits per heavy atom. The van der Waals surface area contributed by atoms with Crippen molar-refractivity contribution in [3.8, 4) is 29.0 Å². The number of nitrogens with zero attached hydrogens (tertiary/aromatic N) is 4. The number of halogens is 3. The fraction of sp³-hybridized carbons (Fsp3) is 0.100. The summed E-state index contributed by atoms with van der Waals surface area (Å²) in [4.78, 5) is 0. The van der Waals surface area contributed by atoms with E-state index in [1.165, 1.54) is 30.3 Å². The van der Waals surface area contributed by atoms with E-state index in [0.717, 1.165) is 0 Å². The molecule has 31 heavy (non-hydrogen) atoms. The minimum absolute atomic E-state index is 0.0117. The topological polar surface area (TPSA) is 127 Å². The van der Waals surface area contributed by atoms with Crippen LogP contribution in [0.1, 0.15) is 22.7 Å². The number of aromatic amines is 1. The molecule has 0 bridgehead atoms. The van der Waals surface area contributed by atoms with Crippen molar-refractivity contribution < 1.29 is 13.5 Å². The molecule has 0 spiro atoms. The highest BCUT2D eigenvalue weighted by molar-refractivity contribution is 6.32. The zero-order valence-corrected chi connectivity index (χ0v) is 17.4. The van der Waals surface area contributed by atoms with Crippen LogP contribution in [0, 0.1) is 24.1 Å². The van der Waals surface area contributed by atoms with Crippen LogP contribution in [0.3, 0.4) is 0 Å². The van der Waals surface area contributed by atoms with Crippen LogP contribution in [0.5, 0.6) is 11.5 Å². The second-order valence-corrected chi connectivity index (χ2v) is 7.37. The Balaban J connectivity index is 1.63. The first-order valence-corrected chi connectivity index (χ1v) is 9.60. The molecule has 8 nitrogen and oxygen atoms in total. The number of rotatable bonds is 5. The number of anilines is 1. The Morgan fingerprint density at radius 3 is 2.77 bits per heavy atom. The zero-order chi connectivity index (χ0) is 22.1. The van der Waals surface area contributed by atoms with Crippen LogP contribution in [0.4, 0.5) is 10.2 Å². The molecule has 2 aromatic heterocycles. The second kappa shape index (κ2) is 8.26. The molecule has 3 N–H and O–H groups in total. The molecule has 0 aliphatic carbocycles. The first-order chi connectivity index (χ1) is 14.9. The lowest BCUT2D eigenvalue weighted by atomic mass is 10.1. The van der Waals surface area contributed by atoms with Crippen molar-refractivity contribution in [1.82, 2.24) is 20.4 Å². The van der Waals surface area contributed by atoms with Gasteiger partial charge in [-0.25, -0.2) is 4.39 Å². The fourth-order valence-corrected chi connectivity index (χ4v) is 3.32. The minimum Gasteiger partial charge on any atom is -0.453 e. The quantitative estimate of drug-likeness (QED) is 0.428. The first-order valence-electron chi connectivity index (χ1n) is 8.84. The molecule has 0 saturated carbocycles. The maximum absolute atomic E-state index is 15.2. The number of ether oxygens (including phenoxy) is 1. The summed E-state index contributed by atoms with van der Waals surface area (Å²) in [6.45, 7) is 1.76. The fourth-order valence-electron chi connectivity index (χ4n) is 2.91. The van der Waals surface area contributed by atoms with E-state index in [1.54, 1.807) is 6.92 Å². The molecule has 0 atom stereocenters. The van der Waals surface area contributed by atoms with Gasteiger partial charge in [0, 0.05) is 16.3 Å². The molecule has 2 aromatic carbocycles. The maximum atomic E-state index is 15.2. The van der Waals surface area contributed by atoms with E-state index in [9.17, 15) is 0 Å². The van der Waals surface area contributed by atoms with E-state index in [-0.39, 0.29) is 56.7 Å². The summed E-state index contributed by atoms with van der Waals surface area (Å²) >= 11 is 12.1. The highest BCUT2D eigenvalue weighted by Crippen LogP contribution is 2.36. The van der Waals surface area contributed by atoms with Crippen molar-refractivity contribution in [2.24, 2.45) is 0 Å². The third kappa shape index (κ3) is 4.17. The lowest BCUT2D eigenvalue weighted by Crippen LogP contribution is -1.98. The van der Waals surface area contributed by atoms with Gasteiger partial charge in [0.05, 0.1) is 23.1 Å². The van der Waals surface area contributed by atoms with Crippen molar-refractivity contribution >= 4 is 29.0 Å². The van der Waals surface area contributed by atoms with Crippen LogP contribution in [-0.2, 0) is 6.42 Å². The van der Waals surface area contributed by atoms with Gasteiger partial charge in [0.25, 0.3) is 5.89 Å². The first kappa shape index (κ1) is 20.7. The third-order valence-electron chi connectivity index (χ3n) is 4.35. The number of hydrogen-bond donors (Lipinski definition) is 2. The number of aryl methyl sites for hydroxylation is 1. The largest absolute Gasteiger partial charge is 0.453 e. The lowest BCUT2D eigenvalue weighted by molar-refractivity contribution is 0.437. The molecule has 0 aliphatic heterocycles. The van der Waals surface area contributed by atoms with Gasteiger partial charge < -0.3 is 14.9 Å². The van der Waals surface area contributed by atoms with Gasteiger partial charge in [-0.2, -0.15) is 10.4 Å². The van der Waals surface area contributed by atoms with Crippen LogP contribution in [0.15, 0.2) is 34.7 Å². The Bertz CT molecular complexity index is 1310. The Hall–Kier alpha value is -3.61. The van der Waals surface area contributed by atoms with E-state index in [2.05, 4.69) is 20.4 Å². The number of nitriles is 1. The van der Waals surface area contributed by atoms with E-state index < -0.39 is 5.82 Å². The average molecular weight is 459 g/mol. The van der Waals surface area contributed by atoms with Gasteiger partial charge in [-0.15, -0.1) is 10.2 Å². The predicted molar refractivity (Wildman–Crippen MR) is 111 cm³/mol. The smallest absolute Gasteiger partial charge is 0.253 e. The van der Waals surface area contributed by atoms with E-state index in [4.69, 9.17) is 43.4 Å². The summed E-state index contributed by atoms with van der Waals surface area (Å²) in [6.07, 6.45) is -0.0117. The van der Waals surface area contributed by atoms with Gasteiger partial charge in [0.2, 0.25) is 5.89 Å². The summed E-state index contributed by atoms with van der Waals surface area (Å²) in [5.41, 5.74) is 7.45. The number of hydrogen-bond acceptors (Lipinski definition) is 7. The van der Waals surface area contributed by atoms with Gasteiger partial charge in [-0.1, -0.05) is 29.3 Å². The molecule has 11 heteroatoms. The number of aromatic nitrogens is 4. The molecule has 0 aliphatic rings. The molecule has 4 rings (SSSR count). The number of benzene rings is 2. The molecule has 0 amide bonds. The highest BCUT2D eigenvalue weighted by Gasteiger charge is 2.20. The zero-order valence-electron chi connectivity index (χ0n) is 15.9. The van der Waals surface area contributed by atoms with Crippen LogP contribution in [0.25, 0.3) is 11.5 Å². The monoisotopic (exact) mass is 458 g/mol. The molecular formula is C20H13Cl2FN6O2. The SMILES string of the molecule is Cc1[nH]nc(N)c1-c1nnc(Cc2ccc(Cl)c(Oc3cc(Cl)cc(C#N)c3)c2F)o1. The van der Waals surface area contributed by atoms with Crippen molar-refractivity contribution in [3.63, 3.8) is 0 Å². The average Bonchev–Trinajstić information content (AvgIpc) is 3.32. The summed E-state index contributed by atoms with van der Waals surface area (Å²) < 4.78 is 26.4. The highest BCUT2D eigenvalue weighted by atomic mass is 35.5. The second-order valence-electron chi connectivity index (χ2n) is 6.53. The van der Waals surface area contributed by atoms with Crippen molar-refractivity contribution in [1.29, 1.82) is 5.26 Å². The van der Waals surface area contributed by atoms with Crippen molar-refractivity contribution in [3.05, 3.63) is 68.9 Å². The van der Waals surface area contributed by atoms with Crippen LogP contribution in [-0.4, -0.2) is 20.4 Å². The molecule has 0 unspecified atom stereocenters. The Kier molecular flexibility index (Phi) is 5.50. The van der Waals surface area contributed by atoms with Gasteiger partial charge in [-0.05, 0) is 31.2 Å². The summed E-state index contributed by atoms with van der Waals surface area (Å²) in [5, 5.41) is 23.9. The molecule has 2 heterocycles. The van der Waals surface area contributed by atoms with Gasteiger partial charge >= 0.3 is 0 Å². The summed E-state index contributed by atoms with van der Waals surface area (Å²) in [7, 11) is 0. The normalized spacial score (nSPS) is 10.8. The summed E-state index contributed by atoms with van der Waals surface area (Å²) in [5.74, 6) is -0.179. The third-order valence-corrected chi connectivity index (χ3v) is 4.86. The molecule has 0 radical (unpaired) electrons. The van der Waals surface area contributed by atoms with Gasteiger partial charge in [-0.3, -0.25) is 5.10 Å². The minimum atomic E-state index is -0.704. The van der Waals surface area contributed by atoms with Crippen LogP contribution in [0.2, 0.25) is 10.0 Å². The number of nitrogens with two attached hydrogens (primary N) is 1. The van der Waals surface area contributed by atoms with Crippen molar-refractivity contribution in [2.75, 3.05) is 5.73 Å². The Morgan fingerprint density at radius 1 is 1.26 bits per heavy atom.